The highest BCUT2D eigenvalue weighted by Gasteiger charge is 2.21. The van der Waals surface area contributed by atoms with Crippen molar-refractivity contribution in [2.45, 2.75) is 40.2 Å². The van der Waals surface area contributed by atoms with Crippen LogP contribution in [0.25, 0.3) is 16.5 Å². The van der Waals surface area contributed by atoms with E-state index in [0.717, 1.165) is 78.4 Å². The first-order valence-corrected chi connectivity index (χ1v) is 11.8. The maximum Gasteiger partial charge on any atom is 0.121 e. The molecule has 0 fully saturated rings. The molecule has 6 nitrogen and oxygen atoms in total. The lowest BCUT2D eigenvalue weighted by atomic mass is 10.0. The fourth-order valence-corrected chi connectivity index (χ4v) is 4.24. The highest BCUT2D eigenvalue weighted by Crippen LogP contribution is 2.33. The molecule has 0 saturated heterocycles. The summed E-state index contributed by atoms with van der Waals surface area (Å²) in [6.07, 6.45) is 11.2. The van der Waals surface area contributed by atoms with E-state index >= 15 is 0 Å². The molecule has 3 N–H and O–H groups in total. The first-order valence-electron chi connectivity index (χ1n) is 11.8. The summed E-state index contributed by atoms with van der Waals surface area (Å²) in [5, 5.41) is 15.8. The van der Waals surface area contributed by atoms with E-state index in [4.69, 9.17) is 0 Å². The topological polar surface area (TPSA) is 68.3 Å². The standard InChI is InChI=1S/C27H33FN6/c1-5-24(28)18(2)8-6-10-29-12-13-34-17-22-15-23-26(16-25(22)31-20(34)4)32-33-27(23)21-9-7-11-30-19(3)14-21/h5,8-9,11,14-16,29,31H,4,6-7,10,12-13,17H2,1-3H3,(H,32,33)/b18-8-,24-5+. The van der Waals surface area contributed by atoms with Crippen molar-refractivity contribution in [3.8, 4) is 0 Å². The van der Waals surface area contributed by atoms with Crippen LogP contribution in [0, 0.1) is 0 Å². The molecule has 0 unspecified atom stereocenters. The first-order chi connectivity index (χ1) is 16.5. The number of H-pyrrole nitrogens is 1. The Morgan fingerprint density at radius 2 is 2.18 bits per heavy atom. The summed E-state index contributed by atoms with van der Waals surface area (Å²) in [6, 6.07) is 4.34. The van der Waals surface area contributed by atoms with E-state index in [9.17, 15) is 4.39 Å². The van der Waals surface area contributed by atoms with Crippen molar-refractivity contribution >= 4 is 28.4 Å². The van der Waals surface area contributed by atoms with Gasteiger partial charge in [0.25, 0.3) is 0 Å². The average molecular weight is 461 g/mol. The number of nitrogens with zero attached hydrogens (tertiary/aromatic N) is 3. The van der Waals surface area contributed by atoms with Gasteiger partial charge in [0.1, 0.15) is 5.83 Å². The third kappa shape index (κ3) is 5.37. The van der Waals surface area contributed by atoms with Crippen molar-refractivity contribution in [3.05, 3.63) is 77.2 Å². The maximum atomic E-state index is 13.5. The predicted octanol–water partition coefficient (Wildman–Crippen LogP) is 5.82. The number of aromatic amines is 1. The molecule has 178 valence electrons. The van der Waals surface area contributed by atoms with Crippen LogP contribution >= 0.6 is 0 Å². The molecule has 0 spiro atoms. The number of hydrogen-bond donors (Lipinski definition) is 3. The number of benzene rings is 1. The minimum Gasteiger partial charge on any atom is -0.353 e. The SMILES string of the molecule is C=C1Nc2cc3[nH]nc(C4=CCC=NC(C)=C4)c3cc2CN1CCNCC/C=C(C)\C(F)=C/C. The number of allylic oxidation sites excluding steroid dienone is 7. The Balaban J connectivity index is 1.41. The summed E-state index contributed by atoms with van der Waals surface area (Å²) in [7, 11) is 0. The predicted molar refractivity (Wildman–Crippen MR) is 140 cm³/mol. The van der Waals surface area contributed by atoms with E-state index in [-0.39, 0.29) is 5.83 Å². The van der Waals surface area contributed by atoms with Crippen molar-refractivity contribution in [1.29, 1.82) is 0 Å². The Bertz CT molecular complexity index is 1230. The lowest BCUT2D eigenvalue weighted by molar-refractivity contribution is 0.332. The summed E-state index contributed by atoms with van der Waals surface area (Å²) in [4.78, 5) is 6.65. The van der Waals surface area contributed by atoms with Crippen molar-refractivity contribution < 1.29 is 4.39 Å². The molecule has 2 aliphatic rings. The monoisotopic (exact) mass is 460 g/mol. The van der Waals surface area contributed by atoms with Crippen LogP contribution in [0.15, 0.2) is 70.9 Å². The maximum absolute atomic E-state index is 13.5. The minimum absolute atomic E-state index is 0.154. The van der Waals surface area contributed by atoms with Crippen LogP contribution in [0.3, 0.4) is 0 Å². The van der Waals surface area contributed by atoms with Gasteiger partial charge in [0.15, 0.2) is 0 Å². The summed E-state index contributed by atoms with van der Waals surface area (Å²) in [6.45, 7) is 13.0. The number of aliphatic imine (C=N–C) groups is 1. The molecule has 2 aliphatic heterocycles. The van der Waals surface area contributed by atoms with Crippen LogP contribution in [-0.4, -0.2) is 40.9 Å². The van der Waals surface area contributed by atoms with Gasteiger partial charge in [0.2, 0.25) is 0 Å². The summed E-state index contributed by atoms with van der Waals surface area (Å²) < 4.78 is 13.5. The van der Waals surface area contributed by atoms with Gasteiger partial charge in [-0.25, -0.2) is 4.39 Å². The number of fused-ring (bicyclic) bond motifs is 2. The fraction of sp³-hybridized carbons (Fsp3) is 0.333. The fourth-order valence-electron chi connectivity index (χ4n) is 4.24. The van der Waals surface area contributed by atoms with Crippen LogP contribution in [0.1, 0.15) is 44.9 Å². The number of aromatic nitrogens is 2. The van der Waals surface area contributed by atoms with Crippen molar-refractivity contribution in [2.75, 3.05) is 25.0 Å². The first kappa shape index (κ1) is 23.7. The molecule has 34 heavy (non-hydrogen) atoms. The average Bonchev–Trinajstić information content (AvgIpc) is 3.11. The molecule has 2 aromatic rings. The van der Waals surface area contributed by atoms with Crippen molar-refractivity contribution in [3.63, 3.8) is 0 Å². The highest BCUT2D eigenvalue weighted by molar-refractivity contribution is 5.96. The second kappa shape index (κ2) is 10.7. The third-order valence-electron chi connectivity index (χ3n) is 6.14. The molecular formula is C27H33FN6. The number of halogens is 1. The van der Waals surface area contributed by atoms with E-state index < -0.39 is 0 Å². The summed E-state index contributed by atoms with van der Waals surface area (Å²) >= 11 is 0. The minimum atomic E-state index is -0.154. The molecule has 0 aliphatic carbocycles. The molecule has 0 radical (unpaired) electrons. The second-order valence-corrected chi connectivity index (χ2v) is 8.68. The molecule has 4 rings (SSSR count). The van der Waals surface area contributed by atoms with E-state index in [1.807, 2.05) is 19.2 Å². The van der Waals surface area contributed by atoms with Gasteiger partial charge in [0, 0.05) is 54.6 Å². The lowest BCUT2D eigenvalue weighted by Gasteiger charge is -2.33. The van der Waals surface area contributed by atoms with E-state index in [0.29, 0.717) is 5.57 Å². The normalized spacial score (nSPS) is 16.8. The number of anilines is 1. The molecular weight excluding hydrogens is 427 g/mol. The Morgan fingerprint density at radius 3 is 3.00 bits per heavy atom. The Hall–Kier alpha value is -3.45. The van der Waals surface area contributed by atoms with Crippen LogP contribution in [0.2, 0.25) is 0 Å². The van der Waals surface area contributed by atoms with Crippen molar-refractivity contribution in [2.24, 2.45) is 4.99 Å². The Labute approximate surface area is 200 Å². The zero-order chi connectivity index (χ0) is 24.1. The lowest BCUT2D eigenvalue weighted by Crippen LogP contribution is -2.36. The highest BCUT2D eigenvalue weighted by atomic mass is 19.1. The zero-order valence-electron chi connectivity index (χ0n) is 20.2. The van der Waals surface area contributed by atoms with Gasteiger partial charge >= 0.3 is 0 Å². The molecule has 0 amide bonds. The molecule has 1 aromatic carbocycles. The number of rotatable bonds is 8. The van der Waals surface area contributed by atoms with Crippen LogP contribution < -0.4 is 10.6 Å². The number of hydrogen-bond acceptors (Lipinski definition) is 5. The quantitative estimate of drug-likeness (QED) is 0.343. The summed E-state index contributed by atoms with van der Waals surface area (Å²) in [5.74, 6) is 0.737. The van der Waals surface area contributed by atoms with Crippen LogP contribution in [-0.2, 0) is 6.54 Å². The van der Waals surface area contributed by atoms with Gasteiger partial charge in [-0.05, 0) is 63.1 Å². The smallest absolute Gasteiger partial charge is 0.121 e. The second-order valence-electron chi connectivity index (χ2n) is 8.68. The molecule has 0 atom stereocenters. The molecule has 3 heterocycles. The van der Waals surface area contributed by atoms with Gasteiger partial charge < -0.3 is 15.5 Å². The van der Waals surface area contributed by atoms with E-state index in [2.05, 4.69) is 61.6 Å². The summed E-state index contributed by atoms with van der Waals surface area (Å²) in [5.41, 5.74) is 7.00. The van der Waals surface area contributed by atoms with Gasteiger partial charge in [-0.15, -0.1) is 0 Å². The third-order valence-corrected chi connectivity index (χ3v) is 6.14. The molecule has 0 saturated carbocycles. The van der Waals surface area contributed by atoms with Gasteiger partial charge in [-0.3, -0.25) is 10.1 Å². The Morgan fingerprint density at radius 1 is 1.32 bits per heavy atom. The number of nitrogens with one attached hydrogen (secondary N) is 3. The molecule has 7 heteroatoms. The Kier molecular flexibility index (Phi) is 7.43. The van der Waals surface area contributed by atoms with Crippen molar-refractivity contribution in [1.82, 2.24) is 20.4 Å². The molecule has 0 bridgehead atoms. The van der Waals surface area contributed by atoms with Gasteiger partial charge in [-0.2, -0.15) is 5.10 Å². The van der Waals surface area contributed by atoms with Crippen LogP contribution in [0.5, 0.6) is 0 Å². The molecule has 1 aromatic heterocycles. The van der Waals surface area contributed by atoms with E-state index in [1.54, 1.807) is 13.8 Å². The zero-order valence-corrected chi connectivity index (χ0v) is 20.2. The van der Waals surface area contributed by atoms with E-state index in [1.165, 1.54) is 11.6 Å². The van der Waals surface area contributed by atoms with Crippen LogP contribution in [0.4, 0.5) is 10.1 Å². The van der Waals surface area contributed by atoms with Gasteiger partial charge in [-0.1, -0.05) is 24.8 Å². The largest absolute Gasteiger partial charge is 0.353 e. The van der Waals surface area contributed by atoms with Gasteiger partial charge in [0.05, 0.1) is 17.0 Å².